The molecule has 2 aromatic rings. The van der Waals surface area contributed by atoms with Gasteiger partial charge < -0.3 is 42.5 Å². The highest BCUT2D eigenvalue weighted by molar-refractivity contribution is 7.80. The van der Waals surface area contributed by atoms with Crippen molar-refractivity contribution in [3.63, 3.8) is 0 Å². The highest BCUT2D eigenvalue weighted by Crippen LogP contribution is 2.08. The van der Waals surface area contributed by atoms with Crippen LogP contribution < -0.4 is 32.3 Å². The van der Waals surface area contributed by atoms with Gasteiger partial charge in [0.1, 0.15) is 30.2 Å². The second-order valence-corrected chi connectivity index (χ2v) is 11.3. The number of aliphatic carboxylic acids is 2. The van der Waals surface area contributed by atoms with Crippen molar-refractivity contribution in [1.29, 1.82) is 0 Å². The minimum absolute atomic E-state index is 0.0531. The normalized spacial score (nSPS) is 13.8. The first-order valence-electron chi connectivity index (χ1n) is 15.2. The van der Waals surface area contributed by atoms with Gasteiger partial charge in [0.15, 0.2) is 0 Å². The molecule has 5 atom stereocenters. The third kappa shape index (κ3) is 13.8. The number of nitrogens with one attached hydrogen (secondary N) is 5. The van der Waals surface area contributed by atoms with E-state index < -0.39 is 78.7 Å². The molecule has 0 fully saturated rings. The number of carboxylic acid groups (broad SMARTS) is 2. The molecule has 0 aromatic heterocycles. The molecule has 9 N–H and O–H groups in total. The van der Waals surface area contributed by atoms with Crippen molar-refractivity contribution in [2.45, 2.75) is 69.2 Å². The molecule has 2 rings (SSSR count). The minimum atomic E-state index is -1.67. The molecule has 0 aliphatic heterocycles. The molecule has 2 aromatic carbocycles. The summed E-state index contributed by atoms with van der Waals surface area (Å²) in [6.07, 6.45) is 0.117. The predicted molar refractivity (Wildman–Crippen MR) is 178 cm³/mol. The summed E-state index contributed by atoms with van der Waals surface area (Å²) >= 11 is 3.84. The van der Waals surface area contributed by atoms with Crippen molar-refractivity contribution < 1.29 is 43.8 Å². The maximum Gasteiger partial charge on any atom is 0.327 e. The Morgan fingerprint density at radius 1 is 0.688 bits per heavy atom. The van der Waals surface area contributed by atoms with Crippen LogP contribution in [0.15, 0.2) is 60.7 Å². The van der Waals surface area contributed by atoms with Gasteiger partial charge in [-0.3, -0.25) is 28.8 Å². The summed E-state index contributed by atoms with van der Waals surface area (Å²) in [6.45, 7) is 1.36. The number of nitrogens with two attached hydrogens (primary N) is 1. The third-order valence-corrected chi connectivity index (χ3v) is 7.33. The first kappa shape index (κ1) is 39.2. The summed E-state index contributed by atoms with van der Waals surface area (Å²) in [6, 6.07) is 11.1. The van der Waals surface area contributed by atoms with Crippen LogP contribution in [0.4, 0.5) is 0 Å². The van der Waals surface area contributed by atoms with Gasteiger partial charge in [-0.2, -0.15) is 12.6 Å². The van der Waals surface area contributed by atoms with E-state index in [-0.39, 0.29) is 30.9 Å². The summed E-state index contributed by atoms with van der Waals surface area (Å²) in [7, 11) is 0. The average molecular weight is 687 g/mol. The first-order valence-corrected chi connectivity index (χ1v) is 15.8. The Bertz CT molecular complexity index is 1410. The second-order valence-electron chi connectivity index (χ2n) is 10.9. The van der Waals surface area contributed by atoms with Crippen molar-refractivity contribution in [3.05, 3.63) is 71.8 Å². The number of thiol groups is 1. The fourth-order valence-electron chi connectivity index (χ4n) is 4.43. The Morgan fingerprint density at radius 2 is 1.17 bits per heavy atom. The molecule has 0 aliphatic rings. The Hall–Kier alpha value is -4.96. The molecule has 5 amide bonds. The minimum Gasteiger partial charge on any atom is -0.481 e. The smallest absolute Gasteiger partial charge is 0.327 e. The first-order chi connectivity index (χ1) is 22.8. The lowest BCUT2D eigenvalue weighted by Gasteiger charge is -2.24. The SMILES string of the molecule is CCCC(=O)N[C@@H](Cc1ccccc1)C(=O)N[C@@H](Cc1ccccc1)C(=O)NC[C@H](N)C(=O)N[C@@H](CC(=O)O)C(=O)N[C@@H](CS)C(=O)O. The van der Waals surface area contributed by atoms with E-state index in [0.29, 0.717) is 12.0 Å². The molecule has 48 heavy (non-hydrogen) atoms. The Balaban J connectivity index is 2.17. The van der Waals surface area contributed by atoms with Gasteiger partial charge in [0.25, 0.3) is 0 Å². The summed E-state index contributed by atoms with van der Waals surface area (Å²) in [4.78, 5) is 87.3. The molecular formula is C32H42N6O9S. The van der Waals surface area contributed by atoms with E-state index in [1.807, 2.05) is 25.1 Å². The fourth-order valence-corrected chi connectivity index (χ4v) is 4.68. The van der Waals surface area contributed by atoms with E-state index >= 15 is 0 Å². The molecule has 0 saturated heterocycles. The number of hydrogen-bond acceptors (Lipinski definition) is 9. The monoisotopic (exact) mass is 686 g/mol. The molecule has 0 heterocycles. The number of rotatable bonds is 20. The van der Waals surface area contributed by atoms with Gasteiger partial charge in [-0.1, -0.05) is 67.6 Å². The molecule has 15 nitrogen and oxygen atoms in total. The number of carbonyl (C=O) groups excluding carboxylic acids is 5. The van der Waals surface area contributed by atoms with Crippen molar-refractivity contribution in [1.82, 2.24) is 26.6 Å². The van der Waals surface area contributed by atoms with Crippen molar-refractivity contribution >= 4 is 54.1 Å². The average Bonchev–Trinajstić information content (AvgIpc) is 3.05. The maximum absolute atomic E-state index is 13.5. The van der Waals surface area contributed by atoms with Crippen molar-refractivity contribution in [2.75, 3.05) is 12.3 Å². The zero-order chi connectivity index (χ0) is 35.6. The Labute approximate surface area is 283 Å². The van der Waals surface area contributed by atoms with E-state index in [4.69, 9.17) is 10.8 Å². The number of carbonyl (C=O) groups is 7. The number of benzene rings is 2. The molecule has 0 aliphatic carbocycles. The predicted octanol–water partition coefficient (Wildman–Crippen LogP) is -0.856. The summed E-state index contributed by atoms with van der Waals surface area (Å²) in [5, 5.41) is 30.6. The van der Waals surface area contributed by atoms with Crippen molar-refractivity contribution in [2.24, 2.45) is 5.73 Å². The Kier molecular flexibility index (Phi) is 16.6. The van der Waals surface area contributed by atoms with E-state index in [1.165, 1.54) is 0 Å². The number of hydrogen-bond donors (Lipinski definition) is 9. The van der Waals surface area contributed by atoms with Crippen LogP contribution in [0.5, 0.6) is 0 Å². The van der Waals surface area contributed by atoms with Crippen LogP contribution >= 0.6 is 12.6 Å². The molecule has 0 bridgehead atoms. The van der Waals surface area contributed by atoms with Gasteiger partial charge in [-0.15, -0.1) is 0 Å². The third-order valence-electron chi connectivity index (χ3n) is 6.97. The topological polar surface area (TPSA) is 246 Å². The van der Waals surface area contributed by atoms with Crippen molar-refractivity contribution in [3.8, 4) is 0 Å². The molecule has 0 radical (unpaired) electrons. The largest absolute Gasteiger partial charge is 0.481 e. The van der Waals surface area contributed by atoms with Gasteiger partial charge in [0.2, 0.25) is 29.5 Å². The van der Waals surface area contributed by atoms with Crippen LogP contribution in [0.25, 0.3) is 0 Å². The van der Waals surface area contributed by atoms with Gasteiger partial charge in [-0.25, -0.2) is 4.79 Å². The van der Waals surface area contributed by atoms with Crippen LogP contribution in [0.2, 0.25) is 0 Å². The van der Waals surface area contributed by atoms with Crippen LogP contribution in [-0.4, -0.2) is 94.2 Å². The highest BCUT2D eigenvalue weighted by atomic mass is 32.1. The molecular weight excluding hydrogens is 644 g/mol. The molecule has 260 valence electrons. The van der Waals surface area contributed by atoms with Crippen LogP contribution in [0.1, 0.15) is 37.3 Å². The van der Waals surface area contributed by atoms with Crippen LogP contribution in [0.3, 0.4) is 0 Å². The van der Waals surface area contributed by atoms with Gasteiger partial charge in [0, 0.05) is 31.6 Å². The van der Waals surface area contributed by atoms with E-state index in [0.717, 1.165) is 5.56 Å². The lowest BCUT2D eigenvalue weighted by atomic mass is 10.0. The highest BCUT2D eigenvalue weighted by Gasteiger charge is 2.31. The van der Waals surface area contributed by atoms with Gasteiger partial charge >= 0.3 is 11.9 Å². The molecule has 0 spiro atoms. The number of amides is 5. The molecule has 0 unspecified atom stereocenters. The fraction of sp³-hybridized carbons (Fsp3) is 0.406. The quantitative estimate of drug-likeness (QED) is 0.0781. The van der Waals surface area contributed by atoms with Crippen LogP contribution in [-0.2, 0) is 46.4 Å². The van der Waals surface area contributed by atoms with Gasteiger partial charge in [-0.05, 0) is 17.5 Å². The van der Waals surface area contributed by atoms with E-state index in [1.54, 1.807) is 42.5 Å². The molecule has 16 heteroatoms. The lowest BCUT2D eigenvalue weighted by Crippen LogP contribution is -2.58. The van der Waals surface area contributed by atoms with E-state index in [9.17, 15) is 38.7 Å². The second kappa shape index (κ2) is 20.3. The summed E-state index contributed by atoms with van der Waals surface area (Å²) in [5.41, 5.74) is 7.44. The summed E-state index contributed by atoms with van der Waals surface area (Å²) < 4.78 is 0. The standard InChI is InChI=1S/C32H42N6O9S/c1-2-9-26(39)35-23(15-20-12-7-4-8-13-20)30(44)37-22(14-19-10-5-3-6-11-19)29(43)34-17-21(33)28(42)36-24(16-27(40)41)31(45)38-25(18-48)32(46)47/h3-8,10-13,21-25,48H,2,9,14-18,33H2,1H3,(H,34,43)(H,35,39)(H,36,42)(H,37,44)(H,38,45)(H,40,41)(H,46,47)/t21-,22-,23-,24-,25-/m0/s1. The zero-order valence-electron chi connectivity index (χ0n) is 26.4. The van der Waals surface area contributed by atoms with Gasteiger partial charge in [0.05, 0.1) is 6.42 Å². The Morgan fingerprint density at radius 3 is 1.65 bits per heavy atom. The van der Waals surface area contributed by atoms with E-state index in [2.05, 4.69) is 39.2 Å². The zero-order valence-corrected chi connectivity index (χ0v) is 27.3. The maximum atomic E-state index is 13.5. The molecule has 0 saturated carbocycles. The number of carboxylic acids is 2. The van der Waals surface area contributed by atoms with Crippen LogP contribution in [0, 0.1) is 0 Å². The lowest BCUT2D eigenvalue weighted by molar-refractivity contribution is -0.143. The summed E-state index contributed by atoms with van der Waals surface area (Å²) in [5.74, 6) is -6.87.